The van der Waals surface area contributed by atoms with Gasteiger partial charge in [-0.2, -0.15) is 0 Å². The lowest BCUT2D eigenvalue weighted by Gasteiger charge is -2.22. The molecule has 0 aliphatic heterocycles. The van der Waals surface area contributed by atoms with Crippen LogP contribution in [0, 0.1) is 0 Å². The molecule has 4 nitrogen and oxygen atoms in total. The molecule has 0 saturated carbocycles. The predicted octanol–water partition coefficient (Wildman–Crippen LogP) is 15.3. The summed E-state index contributed by atoms with van der Waals surface area (Å²) in [5, 5.41) is 2.43. The Bertz CT molecular complexity index is 3530. The number of benzene rings is 9. The van der Waals surface area contributed by atoms with Crippen LogP contribution in [-0.4, -0.2) is 19.5 Å². The quantitative estimate of drug-likeness (QED) is 0.161. The van der Waals surface area contributed by atoms with E-state index < -0.39 is 0 Å². The number of rotatable bonds is 7. The van der Waals surface area contributed by atoms with E-state index in [-0.39, 0.29) is 5.41 Å². The fraction of sp³-hybridized carbons (Fsp3) is 0.0500. The van der Waals surface area contributed by atoms with Gasteiger partial charge in [0.05, 0.1) is 11.0 Å². The van der Waals surface area contributed by atoms with Gasteiger partial charge < -0.3 is 4.57 Å². The minimum Gasteiger partial charge on any atom is -0.309 e. The minimum absolute atomic E-state index is 0.0432. The van der Waals surface area contributed by atoms with Gasteiger partial charge in [-0.3, -0.25) is 0 Å². The van der Waals surface area contributed by atoms with E-state index in [1.54, 1.807) is 0 Å². The van der Waals surface area contributed by atoms with E-state index in [4.69, 9.17) is 15.0 Å². The first-order valence-electron chi connectivity index (χ1n) is 21.9. The maximum atomic E-state index is 5.08. The smallest absolute Gasteiger partial charge is 0.164 e. The zero-order valence-electron chi connectivity index (χ0n) is 35.6. The Labute approximate surface area is 372 Å². The molecule has 0 atom stereocenters. The Morgan fingerprint density at radius 3 is 1.47 bits per heavy atom. The number of hydrogen-bond donors (Lipinski definition) is 0. The van der Waals surface area contributed by atoms with E-state index in [0.717, 1.165) is 33.5 Å². The Morgan fingerprint density at radius 1 is 0.328 bits per heavy atom. The molecule has 0 radical (unpaired) electrons. The van der Waals surface area contributed by atoms with Crippen molar-refractivity contribution < 1.29 is 0 Å². The summed E-state index contributed by atoms with van der Waals surface area (Å²) in [4.78, 5) is 15.1. The van der Waals surface area contributed by atoms with Gasteiger partial charge in [0.15, 0.2) is 17.5 Å². The molecule has 0 fully saturated rings. The zero-order valence-corrected chi connectivity index (χ0v) is 35.6. The van der Waals surface area contributed by atoms with Gasteiger partial charge in [0.1, 0.15) is 0 Å². The average Bonchev–Trinajstić information content (AvgIpc) is 3.82. The van der Waals surface area contributed by atoms with E-state index in [2.05, 4.69) is 200 Å². The van der Waals surface area contributed by atoms with Crippen molar-refractivity contribution in [2.75, 3.05) is 0 Å². The third-order valence-corrected chi connectivity index (χ3v) is 13.1. The molecule has 2 aromatic heterocycles. The first-order valence-corrected chi connectivity index (χ1v) is 21.9. The second kappa shape index (κ2) is 15.0. The fourth-order valence-corrected chi connectivity index (χ4v) is 9.80. The van der Waals surface area contributed by atoms with E-state index in [1.807, 2.05) is 36.4 Å². The lowest BCUT2D eigenvalue weighted by molar-refractivity contribution is 0.660. The fourth-order valence-electron chi connectivity index (χ4n) is 9.80. The Kier molecular flexibility index (Phi) is 8.80. The van der Waals surface area contributed by atoms with Crippen LogP contribution in [0.15, 0.2) is 218 Å². The van der Waals surface area contributed by atoms with Crippen molar-refractivity contribution in [1.29, 1.82) is 0 Å². The van der Waals surface area contributed by atoms with Gasteiger partial charge in [-0.1, -0.05) is 196 Å². The standard InChI is InChI=1S/C60H42N4/c1-60(2)53-22-11-9-18-49(53)50-37-34-46(38-54(50)60)41-24-28-42(29-25-41)48-20-13-21-52-51-19-10-12-23-55(51)64(56(48)52)47-35-32-45(33-36-47)59-62-57(43-16-7-4-8-17-43)61-58(63-59)44-30-26-40(27-31-44)39-14-5-3-6-15-39/h3-38H,1-2H3. The Morgan fingerprint density at radius 2 is 0.781 bits per heavy atom. The van der Waals surface area contributed by atoms with Crippen LogP contribution in [0.2, 0.25) is 0 Å². The van der Waals surface area contributed by atoms with Crippen molar-refractivity contribution in [3.8, 4) is 84.4 Å². The number of para-hydroxylation sites is 2. The van der Waals surface area contributed by atoms with E-state index in [9.17, 15) is 0 Å². The molecule has 0 saturated heterocycles. The minimum atomic E-state index is -0.0432. The number of fused-ring (bicyclic) bond motifs is 6. The molecule has 2 heterocycles. The maximum Gasteiger partial charge on any atom is 0.164 e. The molecule has 0 amide bonds. The summed E-state index contributed by atoms with van der Waals surface area (Å²) in [5.41, 5.74) is 18.7. The summed E-state index contributed by atoms with van der Waals surface area (Å²) >= 11 is 0. The number of nitrogens with zero attached hydrogens (tertiary/aromatic N) is 4. The molecule has 12 rings (SSSR count). The van der Waals surface area contributed by atoms with Crippen molar-refractivity contribution in [2.45, 2.75) is 19.3 Å². The average molecular weight is 819 g/mol. The predicted molar refractivity (Wildman–Crippen MR) is 264 cm³/mol. The normalized spacial score (nSPS) is 12.7. The van der Waals surface area contributed by atoms with Gasteiger partial charge in [-0.05, 0) is 86.5 Å². The lowest BCUT2D eigenvalue weighted by atomic mass is 9.81. The largest absolute Gasteiger partial charge is 0.309 e. The SMILES string of the molecule is CC1(C)c2ccccc2-c2ccc(-c3ccc(-c4cccc5c6ccccc6n(-c6ccc(-c7nc(-c8ccccc8)nc(-c8ccc(-c9ccccc9)cc8)n7)cc6)c45)cc3)cc21. The van der Waals surface area contributed by atoms with E-state index >= 15 is 0 Å². The van der Waals surface area contributed by atoms with Crippen LogP contribution in [0.4, 0.5) is 0 Å². The zero-order chi connectivity index (χ0) is 42.8. The molecule has 4 heteroatoms. The van der Waals surface area contributed by atoms with Crippen LogP contribution in [0.1, 0.15) is 25.0 Å². The molecule has 1 aliphatic rings. The molecule has 1 aliphatic carbocycles. The second-order valence-electron chi connectivity index (χ2n) is 17.2. The molecular formula is C60H42N4. The first kappa shape index (κ1) is 37.5. The van der Waals surface area contributed by atoms with Crippen LogP contribution < -0.4 is 0 Å². The van der Waals surface area contributed by atoms with Crippen molar-refractivity contribution in [1.82, 2.24) is 19.5 Å². The van der Waals surface area contributed by atoms with Crippen LogP contribution >= 0.6 is 0 Å². The summed E-state index contributed by atoms with van der Waals surface area (Å²) in [5.74, 6) is 1.90. The molecule has 9 aromatic carbocycles. The molecule has 0 spiro atoms. The lowest BCUT2D eigenvalue weighted by Crippen LogP contribution is -2.14. The third kappa shape index (κ3) is 6.26. The molecule has 0 N–H and O–H groups in total. The van der Waals surface area contributed by atoms with Crippen LogP contribution in [0.25, 0.3) is 106 Å². The van der Waals surface area contributed by atoms with Crippen molar-refractivity contribution in [3.63, 3.8) is 0 Å². The molecule has 0 bridgehead atoms. The highest BCUT2D eigenvalue weighted by molar-refractivity contribution is 6.13. The van der Waals surface area contributed by atoms with Gasteiger partial charge >= 0.3 is 0 Å². The van der Waals surface area contributed by atoms with Crippen LogP contribution in [0.3, 0.4) is 0 Å². The monoisotopic (exact) mass is 818 g/mol. The van der Waals surface area contributed by atoms with Crippen LogP contribution in [-0.2, 0) is 5.41 Å². The second-order valence-corrected chi connectivity index (χ2v) is 17.2. The van der Waals surface area contributed by atoms with Gasteiger partial charge in [0.25, 0.3) is 0 Å². The van der Waals surface area contributed by atoms with E-state index in [1.165, 1.54) is 66.4 Å². The highest BCUT2D eigenvalue weighted by Crippen LogP contribution is 2.49. The molecule has 64 heavy (non-hydrogen) atoms. The third-order valence-electron chi connectivity index (χ3n) is 13.1. The molecule has 0 unspecified atom stereocenters. The highest BCUT2D eigenvalue weighted by atomic mass is 15.0. The summed E-state index contributed by atoms with van der Waals surface area (Å²) in [6, 6.07) is 78.0. The topological polar surface area (TPSA) is 43.6 Å². The first-order chi connectivity index (χ1) is 31.5. The summed E-state index contributed by atoms with van der Waals surface area (Å²) < 4.78 is 2.40. The highest BCUT2D eigenvalue weighted by Gasteiger charge is 2.35. The van der Waals surface area contributed by atoms with Crippen LogP contribution in [0.5, 0.6) is 0 Å². The number of hydrogen-bond acceptors (Lipinski definition) is 3. The summed E-state index contributed by atoms with van der Waals surface area (Å²) in [6.45, 7) is 4.69. The van der Waals surface area contributed by atoms with Gasteiger partial charge in [-0.25, -0.2) is 15.0 Å². The van der Waals surface area contributed by atoms with Crippen molar-refractivity contribution in [3.05, 3.63) is 230 Å². The number of aromatic nitrogens is 4. The summed E-state index contributed by atoms with van der Waals surface area (Å²) in [6.07, 6.45) is 0. The van der Waals surface area contributed by atoms with Gasteiger partial charge in [0.2, 0.25) is 0 Å². The van der Waals surface area contributed by atoms with Gasteiger partial charge in [0, 0.05) is 44.1 Å². The molecule has 302 valence electrons. The Hall–Kier alpha value is -8.21. The Balaban J connectivity index is 0.922. The van der Waals surface area contributed by atoms with Gasteiger partial charge in [-0.15, -0.1) is 0 Å². The van der Waals surface area contributed by atoms with Crippen molar-refractivity contribution >= 4 is 21.8 Å². The molecular weight excluding hydrogens is 777 g/mol. The van der Waals surface area contributed by atoms with Crippen molar-refractivity contribution in [2.24, 2.45) is 0 Å². The summed E-state index contributed by atoms with van der Waals surface area (Å²) in [7, 11) is 0. The molecule has 11 aromatic rings. The maximum absolute atomic E-state index is 5.08. The van der Waals surface area contributed by atoms with E-state index in [0.29, 0.717) is 17.5 Å².